The van der Waals surface area contributed by atoms with Crippen LogP contribution in [-0.4, -0.2) is 11.8 Å². The number of carbonyl (C=O) groups excluding carboxylic acids is 2. The Kier molecular flexibility index (Phi) is 6.40. The maximum absolute atomic E-state index is 13.9. The van der Waals surface area contributed by atoms with Crippen LogP contribution in [0.3, 0.4) is 0 Å². The van der Waals surface area contributed by atoms with Gasteiger partial charge < -0.3 is 10.6 Å². The first kappa shape index (κ1) is 19.6. The molecule has 3 aromatic carbocycles. The Morgan fingerprint density at radius 1 is 0.893 bits per heavy atom. The first-order chi connectivity index (χ1) is 13.5. The van der Waals surface area contributed by atoms with Gasteiger partial charge in [0, 0.05) is 17.1 Å². The van der Waals surface area contributed by atoms with E-state index in [1.54, 1.807) is 24.3 Å². The van der Waals surface area contributed by atoms with Crippen LogP contribution in [0.4, 0.5) is 10.1 Å². The molecular weight excluding hydrogens is 379 g/mol. The minimum atomic E-state index is -0.545. The summed E-state index contributed by atoms with van der Waals surface area (Å²) in [6, 6.07) is 20.4. The third-order valence-electron chi connectivity index (χ3n) is 4.14. The number of hydrogen-bond donors (Lipinski definition) is 2. The third-order valence-corrected chi connectivity index (χ3v) is 4.49. The molecule has 0 aromatic heterocycles. The molecule has 0 aliphatic heterocycles. The molecule has 0 spiro atoms. The monoisotopic (exact) mass is 396 g/mol. The molecule has 2 N–H and O–H groups in total. The van der Waals surface area contributed by atoms with E-state index in [0.29, 0.717) is 17.8 Å². The number of amides is 2. The number of nitrogens with one attached hydrogen (secondary N) is 2. The smallest absolute Gasteiger partial charge is 0.253 e. The van der Waals surface area contributed by atoms with E-state index < -0.39 is 11.7 Å². The van der Waals surface area contributed by atoms with Gasteiger partial charge >= 0.3 is 0 Å². The van der Waals surface area contributed by atoms with Crippen LogP contribution in [0.25, 0.3) is 0 Å². The number of para-hydroxylation sites is 1. The molecule has 0 aliphatic rings. The fraction of sp³-hybridized carbons (Fsp3) is 0.0909. The van der Waals surface area contributed by atoms with Crippen molar-refractivity contribution in [1.29, 1.82) is 0 Å². The van der Waals surface area contributed by atoms with E-state index in [1.165, 1.54) is 18.2 Å². The van der Waals surface area contributed by atoms with Crippen LogP contribution < -0.4 is 10.6 Å². The minimum Gasteiger partial charge on any atom is -0.348 e. The van der Waals surface area contributed by atoms with Crippen LogP contribution in [0.5, 0.6) is 0 Å². The third kappa shape index (κ3) is 4.96. The Bertz CT molecular complexity index is 973. The molecule has 0 saturated carbocycles. The molecule has 3 aromatic rings. The van der Waals surface area contributed by atoms with Crippen LogP contribution in [0.15, 0.2) is 72.8 Å². The second-order valence-corrected chi connectivity index (χ2v) is 6.55. The summed E-state index contributed by atoms with van der Waals surface area (Å²) in [4.78, 5) is 24.9. The van der Waals surface area contributed by atoms with Crippen molar-refractivity contribution in [2.45, 2.75) is 13.0 Å². The number of halogens is 2. The van der Waals surface area contributed by atoms with Crippen molar-refractivity contribution in [3.63, 3.8) is 0 Å². The zero-order valence-electron chi connectivity index (χ0n) is 14.9. The van der Waals surface area contributed by atoms with Gasteiger partial charge in [-0.2, -0.15) is 0 Å². The second kappa shape index (κ2) is 9.15. The zero-order valence-corrected chi connectivity index (χ0v) is 15.7. The van der Waals surface area contributed by atoms with Gasteiger partial charge in [-0.1, -0.05) is 60.1 Å². The van der Waals surface area contributed by atoms with E-state index >= 15 is 0 Å². The lowest BCUT2D eigenvalue weighted by Gasteiger charge is -2.12. The molecule has 4 nitrogen and oxygen atoms in total. The van der Waals surface area contributed by atoms with Crippen molar-refractivity contribution in [3.05, 3.63) is 100 Å². The molecular formula is C22H18ClFN2O2. The normalized spacial score (nSPS) is 10.4. The summed E-state index contributed by atoms with van der Waals surface area (Å²) in [5.74, 6) is -1.32. The SMILES string of the molecule is O=C(Cc1c(F)cccc1Cl)Nc1ccccc1C(=O)NCc1ccccc1. The zero-order chi connectivity index (χ0) is 19.9. The van der Waals surface area contributed by atoms with Gasteiger partial charge in [0.05, 0.1) is 17.7 Å². The highest BCUT2D eigenvalue weighted by atomic mass is 35.5. The highest BCUT2D eigenvalue weighted by Crippen LogP contribution is 2.21. The Morgan fingerprint density at radius 3 is 2.36 bits per heavy atom. The van der Waals surface area contributed by atoms with Gasteiger partial charge in [0.2, 0.25) is 5.91 Å². The van der Waals surface area contributed by atoms with Gasteiger partial charge in [-0.25, -0.2) is 4.39 Å². The van der Waals surface area contributed by atoms with Gasteiger partial charge in [0.1, 0.15) is 5.82 Å². The number of benzene rings is 3. The predicted octanol–water partition coefficient (Wildman–Crippen LogP) is 4.59. The molecule has 0 bridgehead atoms. The maximum atomic E-state index is 13.9. The topological polar surface area (TPSA) is 58.2 Å². The highest BCUT2D eigenvalue weighted by molar-refractivity contribution is 6.31. The van der Waals surface area contributed by atoms with Crippen molar-refractivity contribution in [2.75, 3.05) is 5.32 Å². The molecule has 0 radical (unpaired) electrons. The lowest BCUT2D eigenvalue weighted by atomic mass is 10.1. The summed E-state index contributed by atoms with van der Waals surface area (Å²) in [5.41, 5.74) is 1.76. The second-order valence-electron chi connectivity index (χ2n) is 6.14. The molecule has 6 heteroatoms. The number of rotatable bonds is 6. The largest absolute Gasteiger partial charge is 0.348 e. The first-order valence-electron chi connectivity index (χ1n) is 8.68. The van der Waals surface area contributed by atoms with Crippen LogP contribution in [-0.2, 0) is 17.8 Å². The highest BCUT2D eigenvalue weighted by Gasteiger charge is 2.16. The van der Waals surface area contributed by atoms with E-state index in [2.05, 4.69) is 10.6 Å². The Labute approximate surface area is 167 Å². The maximum Gasteiger partial charge on any atom is 0.253 e. The van der Waals surface area contributed by atoms with Gasteiger partial charge in [0.25, 0.3) is 5.91 Å². The summed E-state index contributed by atoms with van der Waals surface area (Å²) >= 11 is 5.97. The summed E-state index contributed by atoms with van der Waals surface area (Å²) < 4.78 is 13.9. The van der Waals surface area contributed by atoms with Gasteiger partial charge in [-0.15, -0.1) is 0 Å². The van der Waals surface area contributed by atoms with E-state index in [1.807, 2.05) is 30.3 Å². The van der Waals surface area contributed by atoms with Crippen molar-refractivity contribution in [1.82, 2.24) is 5.32 Å². The summed E-state index contributed by atoms with van der Waals surface area (Å²) in [5, 5.41) is 5.68. The minimum absolute atomic E-state index is 0.118. The fourth-order valence-electron chi connectivity index (χ4n) is 2.72. The Morgan fingerprint density at radius 2 is 1.61 bits per heavy atom. The lowest BCUT2D eigenvalue weighted by Crippen LogP contribution is -2.25. The van der Waals surface area contributed by atoms with E-state index in [9.17, 15) is 14.0 Å². The Balaban J connectivity index is 1.69. The van der Waals surface area contributed by atoms with Crippen LogP contribution in [0, 0.1) is 5.82 Å². The Hall–Kier alpha value is -3.18. The molecule has 0 unspecified atom stereocenters. The molecule has 0 heterocycles. The number of hydrogen-bond acceptors (Lipinski definition) is 2. The van der Waals surface area contributed by atoms with Gasteiger partial charge in [0.15, 0.2) is 0 Å². The van der Waals surface area contributed by atoms with Crippen LogP contribution in [0.2, 0.25) is 5.02 Å². The van der Waals surface area contributed by atoms with Gasteiger partial charge in [-0.05, 0) is 29.8 Å². The van der Waals surface area contributed by atoms with Crippen molar-refractivity contribution in [2.24, 2.45) is 0 Å². The standard InChI is InChI=1S/C22H18ClFN2O2/c23-18-10-6-11-19(24)17(18)13-21(27)26-20-12-5-4-9-16(20)22(28)25-14-15-7-2-1-3-8-15/h1-12H,13-14H2,(H,25,28)(H,26,27). The molecule has 0 atom stereocenters. The van der Waals surface area contributed by atoms with E-state index in [-0.39, 0.29) is 22.9 Å². The molecule has 0 fully saturated rings. The molecule has 0 saturated heterocycles. The van der Waals surface area contributed by atoms with Crippen LogP contribution >= 0.6 is 11.6 Å². The summed E-state index contributed by atoms with van der Waals surface area (Å²) in [7, 11) is 0. The molecule has 2 amide bonds. The van der Waals surface area contributed by atoms with Crippen molar-refractivity contribution in [3.8, 4) is 0 Å². The summed E-state index contributed by atoms with van der Waals surface area (Å²) in [6.45, 7) is 0.368. The quantitative estimate of drug-likeness (QED) is 0.640. The summed E-state index contributed by atoms with van der Waals surface area (Å²) in [6.07, 6.45) is -0.231. The molecule has 28 heavy (non-hydrogen) atoms. The molecule has 0 aliphatic carbocycles. The molecule has 142 valence electrons. The first-order valence-corrected chi connectivity index (χ1v) is 9.06. The molecule has 3 rings (SSSR count). The average molecular weight is 397 g/mol. The van der Waals surface area contributed by atoms with E-state index in [4.69, 9.17) is 11.6 Å². The van der Waals surface area contributed by atoms with Crippen molar-refractivity contribution >= 4 is 29.1 Å². The number of carbonyl (C=O) groups is 2. The predicted molar refractivity (Wildman–Crippen MR) is 108 cm³/mol. The fourth-order valence-corrected chi connectivity index (χ4v) is 2.95. The van der Waals surface area contributed by atoms with Crippen molar-refractivity contribution < 1.29 is 14.0 Å². The van der Waals surface area contributed by atoms with E-state index in [0.717, 1.165) is 5.56 Å². The number of anilines is 1. The van der Waals surface area contributed by atoms with Crippen LogP contribution in [0.1, 0.15) is 21.5 Å². The van der Waals surface area contributed by atoms with Gasteiger partial charge in [-0.3, -0.25) is 9.59 Å². The lowest BCUT2D eigenvalue weighted by molar-refractivity contribution is -0.115. The average Bonchev–Trinajstić information content (AvgIpc) is 2.70.